The van der Waals surface area contributed by atoms with Crippen molar-refractivity contribution in [2.24, 2.45) is 7.05 Å². The van der Waals surface area contributed by atoms with Crippen molar-refractivity contribution >= 4 is 11.6 Å². The van der Waals surface area contributed by atoms with Crippen molar-refractivity contribution in [2.45, 2.75) is 19.9 Å². The largest absolute Gasteiger partial charge is 0.305 e. The minimum Gasteiger partial charge on any atom is -0.305 e. The summed E-state index contributed by atoms with van der Waals surface area (Å²) in [6, 6.07) is 6.23. The molecule has 1 heterocycles. The summed E-state index contributed by atoms with van der Waals surface area (Å²) in [5, 5.41) is 8.20. The molecule has 1 unspecified atom stereocenters. The normalized spacial score (nSPS) is 12.7. The van der Waals surface area contributed by atoms with Crippen LogP contribution < -0.4 is 5.32 Å². The Labute approximate surface area is 117 Å². The van der Waals surface area contributed by atoms with Crippen molar-refractivity contribution in [3.63, 3.8) is 0 Å². The Hall–Kier alpha value is -1.39. The van der Waals surface area contributed by atoms with Crippen LogP contribution in [-0.4, -0.2) is 16.3 Å². The highest BCUT2D eigenvalue weighted by Crippen LogP contribution is 2.29. The molecule has 1 aromatic heterocycles. The number of benzene rings is 1. The number of hydrogen-bond donors (Lipinski definition) is 1. The van der Waals surface area contributed by atoms with Crippen LogP contribution in [0.4, 0.5) is 4.39 Å². The van der Waals surface area contributed by atoms with Crippen molar-refractivity contribution in [1.29, 1.82) is 0 Å². The molecule has 102 valence electrons. The van der Waals surface area contributed by atoms with Gasteiger partial charge in [0.05, 0.1) is 17.4 Å². The van der Waals surface area contributed by atoms with Gasteiger partial charge in [-0.3, -0.25) is 4.68 Å². The molecule has 0 spiro atoms. The molecule has 2 rings (SSSR count). The van der Waals surface area contributed by atoms with Crippen molar-refractivity contribution in [3.8, 4) is 0 Å². The average molecular weight is 282 g/mol. The first-order chi connectivity index (χ1) is 9.02. The fourth-order valence-corrected chi connectivity index (χ4v) is 2.44. The molecule has 0 saturated heterocycles. The molecule has 5 heteroatoms. The second kappa shape index (κ2) is 5.72. The molecular weight excluding hydrogens is 265 g/mol. The number of hydrogen-bond acceptors (Lipinski definition) is 2. The van der Waals surface area contributed by atoms with E-state index in [1.165, 1.54) is 12.1 Å². The van der Waals surface area contributed by atoms with Crippen LogP contribution in [-0.2, 0) is 7.05 Å². The van der Waals surface area contributed by atoms with E-state index in [9.17, 15) is 4.39 Å². The van der Waals surface area contributed by atoms with Crippen LogP contribution in [0.2, 0.25) is 5.02 Å². The topological polar surface area (TPSA) is 29.9 Å². The van der Waals surface area contributed by atoms with Gasteiger partial charge in [0.2, 0.25) is 0 Å². The van der Waals surface area contributed by atoms with Gasteiger partial charge >= 0.3 is 0 Å². The molecule has 1 N–H and O–H groups in total. The van der Waals surface area contributed by atoms with Gasteiger partial charge in [-0.2, -0.15) is 5.10 Å². The molecule has 0 aliphatic heterocycles. The van der Waals surface area contributed by atoms with Crippen LogP contribution >= 0.6 is 11.6 Å². The van der Waals surface area contributed by atoms with Gasteiger partial charge in [0.25, 0.3) is 0 Å². The van der Waals surface area contributed by atoms with Crippen LogP contribution in [0.3, 0.4) is 0 Å². The van der Waals surface area contributed by atoms with E-state index >= 15 is 0 Å². The highest BCUT2D eigenvalue weighted by Gasteiger charge is 2.20. The third kappa shape index (κ3) is 2.96. The number of aromatic nitrogens is 2. The molecule has 0 amide bonds. The summed E-state index contributed by atoms with van der Waals surface area (Å²) in [5.74, 6) is -0.291. The molecule has 19 heavy (non-hydrogen) atoms. The Balaban J connectivity index is 2.51. The molecule has 0 aliphatic rings. The van der Waals surface area contributed by atoms with Crippen molar-refractivity contribution in [3.05, 3.63) is 52.1 Å². The van der Waals surface area contributed by atoms with E-state index in [-0.39, 0.29) is 11.9 Å². The zero-order chi connectivity index (χ0) is 14.0. The minimum absolute atomic E-state index is 0.167. The monoisotopic (exact) mass is 281 g/mol. The number of rotatable bonds is 4. The molecule has 0 radical (unpaired) electrons. The van der Waals surface area contributed by atoms with Gasteiger partial charge < -0.3 is 5.32 Å². The first-order valence-electron chi connectivity index (χ1n) is 6.21. The summed E-state index contributed by atoms with van der Waals surface area (Å²) in [6.45, 7) is 4.69. The summed E-state index contributed by atoms with van der Waals surface area (Å²) in [6.07, 6.45) is 0. The third-order valence-electron chi connectivity index (χ3n) is 3.01. The van der Waals surface area contributed by atoms with Gasteiger partial charge in [-0.1, -0.05) is 18.5 Å². The van der Waals surface area contributed by atoms with E-state index < -0.39 is 0 Å². The van der Waals surface area contributed by atoms with Crippen molar-refractivity contribution in [2.75, 3.05) is 6.54 Å². The Morgan fingerprint density at radius 1 is 1.42 bits per heavy atom. The van der Waals surface area contributed by atoms with E-state index in [0.29, 0.717) is 5.02 Å². The first-order valence-corrected chi connectivity index (χ1v) is 6.59. The predicted octanol–water partition coefficient (Wildman–Crippen LogP) is 3.22. The number of nitrogens with zero attached hydrogens (tertiary/aromatic N) is 2. The second-order valence-corrected chi connectivity index (χ2v) is 4.90. The minimum atomic E-state index is -0.291. The quantitative estimate of drug-likeness (QED) is 0.932. The smallest absolute Gasteiger partial charge is 0.123 e. The van der Waals surface area contributed by atoms with Crippen molar-refractivity contribution < 1.29 is 4.39 Å². The van der Waals surface area contributed by atoms with E-state index in [1.807, 2.05) is 27.0 Å². The third-order valence-corrected chi connectivity index (χ3v) is 3.36. The molecule has 0 fully saturated rings. The SMILES string of the molecule is CCNC(c1cc(F)ccc1Cl)c1cc(C)nn1C. The fraction of sp³-hybridized carbons (Fsp3) is 0.357. The molecule has 0 saturated carbocycles. The van der Waals surface area contributed by atoms with Crippen LogP contribution in [0.15, 0.2) is 24.3 Å². The lowest BCUT2D eigenvalue weighted by molar-refractivity contribution is 0.564. The summed E-state index contributed by atoms with van der Waals surface area (Å²) in [7, 11) is 1.87. The van der Waals surface area contributed by atoms with Gasteiger partial charge in [-0.25, -0.2) is 4.39 Å². The maximum atomic E-state index is 13.5. The van der Waals surface area contributed by atoms with E-state index in [4.69, 9.17) is 11.6 Å². The first kappa shape index (κ1) is 14.0. The van der Waals surface area contributed by atoms with Gasteiger partial charge in [0.1, 0.15) is 5.82 Å². The number of nitrogens with one attached hydrogen (secondary N) is 1. The Kier molecular flexibility index (Phi) is 4.22. The molecule has 1 aromatic carbocycles. The van der Waals surface area contributed by atoms with Crippen LogP contribution in [0, 0.1) is 12.7 Å². The highest BCUT2D eigenvalue weighted by molar-refractivity contribution is 6.31. The Bertz CT molecular complexity index is 580. The highest BCUT2D eigenvalue weighted by atomic mass is 35.5. The maximum Gasteiger partial charge on any atom is 0.123 e. The van der Waals surface area contributed by atoms with Crippen molar-refractivity contribution in [1.82, 2.24) is 15.1 Å². The zero-order valence-electron chi connectivity index (χ0n) is 11.2. The summed E-state index contributed by atoms with van der Waals surface area (Å²) in [4.78, 5) is 0. The van der Waals surface area contributed by atoms with Gasteiger partial charge in [-0.05, 0) is 43.3 Å². The summed E-state index contributed by atoms with van der Waals surface area (Å²) < 4.78 is 15.3. The average Bonchev–Trinajstić information content (AvgIpc) is 2.69. The lowest BCUT2D eigenvalue weighted by atomic mass is 10.0. The Morgan fingerprint density at radius 2 is 2.16 bits per heavy atom. The van der Waals surface area contributed by atoms with E-state index in [0.717, 1.165) is 23.5 Å². The van der Waals surface area contributed by atoms with Crippen LogP contribution in [0.25, 0.3) is 0 Å². The number of aryl methyl sites for hydroxylation is 2. The standard InChI is InChI=1S/C14H17ClFN3/c1-4-17-14(13-7-9(2)18-19(13)3)11-8-10(16)5-6-12(11)15/h5-8,14,17H,4H2,1-3H3. The predicted molar refractivity (Wildman–Crippen MR) is 74.9 cm³/mol. The van der Waals surface area contributed by atoms with Gasteiger partial charge in [-0.15, -0.1) is 0 Å². The summed E-state index contributed by atoms with van der Waals surface area (Å²) in [5.41, 5.74) is 2.62. The Morgan fingerprint density at radius 3 is 2.74 bits per heavy atom. The lowest BCUT2D eigenvalue weighted by Crippen LogP contribution is -2.24. The molecule has 1 atom stereocenters. The fourth-order valence-electron chi connectivity index (χ4n) is 2.21. The van der Waals surface area contributed by atoms with Gasteiger partial charge in [0.15, 0.2) is 0 Å². The number of halogens is 2. The lowest BCUT2D eigenvalue weighted by Gasteiger charge is -2.20. The van der Waals surface area contributed by atoms with E-state index in [2.05, 4.69) is 10.4 Å². The van der Waals surface area contributed by atoms with E-state index in [1.54, 1.807) is 10.7 Å². The molecule has 3 nitrogen and oxygen atoms in total. The van der Waals surface area contributed by atoms with Crippen LogP contribution in [0.5, 0.6) is 0 Å². The summed E-state index contributed by atoms with van der Waals surface area (Å²) >= 11 is 6.20. The molecule has 2 aromatic rings. The van der Waals surface area contributed by atoms with Crippen LogP contribution in [0.1, 0.15) is 29.9 Å². The molecule has 0 bridgehead atoms. The maximum absolute atomic E-state index is 13.5. The zero-order valence-corrected chi connectivity index (χ0v) is 12.0. The molecular formula is C14H17ClFN3. The van der Waals surface area contributed by atoms with Gasteiger partial charge in [0, 0.05) is 12.1 Å². The molecule has 0 aliphatic carbocycles. The second-order valence-electron chi connectivity index (χ2n) is 4.49.